The number of ketones is 1. The van der Waals surface area contributed by atoms with Crippen molar-refractivity contribution in [3.8, 4) is 28.6 Å². The third-order valence-electron chi connectivity index (χ3n) is 5.17. The van der Waals surface area contributed by atoms with Gasteiger partial charge in [-0.2, -0.15) is 0 Å². The van der Waals surface area contributed by atoms with Crippen molar-refractivity contribution in [1.82, 2.24) is 14.8 Å². The summed E-state index contributed by atoms with van der Waals surface area (Å²) >= 11 is 1.17. The van der Waals surface area contributed by atoms with Gasteiger partial charge >= 0.3 is 0 Å². The van der Waals surface area contributed by atoms with Crippen LogP contribution >= 0.6 is 11.8 Å². The third kappa shape index (κ3) is 4.65. The Hall–Kier alpha value is -3.72. The molecule has 0 amide bonds. The lowest BCUT2D eigenvalue weighted by molar-refractivity contribution is 0.0993. The maximum absolute atomic E-state index is 13.7. The van der Waals surface area contributed by atoms with E-state index in [0.717, 1.165) is 23.4 Å². The van der Waals surface area contributed by atoms with Crippen LogP contribution in [0.1, 0.15) is 17.3 Å². The zero-order valence-corrected chi connectivity index (χ0v) is 19.5. The molecule has 1 unspecified atom stereocenters. The van der Waals surface area contributed by atoms with Crippen LogP contribution in [0.15, 0.2) is 71.9 Å². The second kappa shape index (κ2) is 10.0. The first-order valence-electron chi connectivity index (χ1n) is 10.3. The van der Waals surface area contributed by atoms with E-state index in [9.17, 15) is 13.6 Å². The Balaban J connectivity index is 1.75. The number of rotatable bonds is 8. The minimum atomic E-state index is -1.07. The van der Waals surface area contributed by atoms with Gasteiger partial charge in [0.25, 0.3) is 0 Å². The molecule has 0 radical (unpaired) electrons. The Morgan fingerprint density at radius 1 is 0.941 bits per heavy atom. The van der Waals surface area contributed by atoms with Gasteiger partial charge in [0.2, 0.25) is 0 Å². The summed E-state index contributed by atoms with van der Waals surface area (Å²) in [5.41, 5.74) is 1.56. The van der Waals surface area contributed by atoms with E-state index in [2.05, 4.69) is 10.2 Å². The summed E-state index contributed by atoms with van der Waals surface area (Å²) < 4.78 is 39.5. The molecule has 0 saturated carbocycles. The van der Waals surface area contributed by atoms with Gasteiger partial charge in [0, 0.05) is 5.56 Å². The molecule has 6 nitrogen and oxygen atoms in total. The van der Waals surface area contributed by atoms with Crippen LogP contribution in [-0.2, 0) is 0 Å². The van der Waals surface area contributed by atoms with Crippen LogP contribution in [0.5, 0.6) is 11.5 Å². The minimum absolute atomic E-state index is 0.0827. The molecule has 4 rings (SSSR count). The molecule has 0 aliphatic rings. The molecule has 0 spiro atoms. The highest BCUT2D eigenvalue weighted by molar-refractivity contribution is 8.00. The smallest absolute Gasteiger partial charge is 0.196 e. The maximum atomic E-state index is 13.7. The molecule has 0 bridgehead atoms. The molecule has 0 fully saturated rings. The number of hydrogen-bond donors (Lipinski definition) is 0. The van der Waals surface area contributed by atoms with Crippen LogP contribution in [0.25, 0.3) is 17.1 Å². The highest BCUT2D eigenvalue weighted by atomic mass is 32.2. The molecule has 0 saturated heterocycles. The van der Waals surface area contributed by atoms with Gasteiger partial charge in [0.15, 0.2) is 28.4 Å². The van der Waals surface area contributed by atoms with Crippen molar-refractivity contribution in [3.63, 3.8) is 0 Å². The van der Waals surface area contributed by atoms with Crippen molar-refractivity contribution in [3.05, 3.63) is 83.9 Å². The van der Waals surface area contributed by atoms with Crippen molar-refractivity contribution < 1.29 is 23.0 Å². The largest absolute Gasteiger partial charge is 0.497 e. The highest BCUT2D eigenvalue weighted by Gasteiger charge is 2.24. The van der Waals surface area contributed by atoms with E-state index in [1.807, 2.05) is 53.1 Å². The number of nitrogens with zero attached hydrogens (tertiary/aromatic N) is 3. The standard InChI is InChI=1S/C25H21F2N3O3S/c1-15(23(31)16-8-13-20(26)21(27)14-16)34-25-29-28-24(19-6-4-5-7-22(19)33-3)30(25)17-9-11-18(32-2)12-10-17/h4-15H,1-3H3. The fourth-order valence-electron chi connectivity index (χ4n) is 3.41. The highest BCUT2D eigenvalue weighted by Crippen LogP contribution is 2.35. The van der Waals surface area contributed by atoms with Crippen molar-refractivity contribution in [2.45, 2.75) is 17.3 Å². The van der Waals surface area contributed by atoms with Crippen molar-refractivity contribution in [2.24, 2.45) is 0 Å². The Morgan fingerprint density at radius 3 is 2.35 bits per heavy atom. The lowest BCUT2D eigenvalue weighted by atomic mass is 10.1. The SMILES string of the molecule is COc1ccc(-n2c(SC(C)C(=O)c3ccc(F)c(F)c3)nnc2-c2ccccc2OC)cc1. The van der Waals surface area contributed by atoms with E-state index in [4.69, 9.17) is 9.47 Å². The molecule has 9 heteroatoms. The number of ether oxygens (including phenoxy) is 2. The summed E-state index contributed by atoms with van der Waals surface area (Å²) in [6, 6.07) is 17.9. The van der Waals surface area contributed by atoms with Gasteiger partial charge in [-0.3, -0.25) is 9.36 Å². The van der Waals surface area contributed by atoms with Crippen molar-refractivity contribution in [2.75, 3.05) is 14.2 Å². The number of thioether (sulfide) groups is 1. The Morgan fingerprint density at radius 2 is 1.68 bits per heavy atom. The Labute approximate surface area is 199 Å². The van der Waals surface area contributed by atoms with E-state index in [1.54, 1.807) is 21.1 Å². The van der Waals surface area contributed by atoms with Crippen LogP contribution in [0.2, 0.25) is 0 Å². The van der Waals surface area contributed by atoms with Gasteiger partial charge in [-0.15, -0.1) is 10.2 Å². The number of Topliss-reactive ketones (excluding diaryl/α,β-unsaturated/α-hetero) is 1. The van der Waals surface area contributed by atoms with E-state index in [1.165, 1.54) is 17.8 Å². The summed E-state index contributed by atoms with van der Waals surface area (Å²) in [6.07, 6.45) is 0. The van der Waals surface area contributed by atoms with Crippen LogP contribution in [0.3, 0.4) is 0 Å². The van der Waals surface area contributed by atoms with Crippen LogP contribution in [0, 0.1) is 11.6 Å². The fourth-order valence-corrected chi connectivity index (χ4v) is 4.35. The number of aromatic nitrogens is 3. The fraction of sp³-hybridized carbons (Fsp3) is 0.160. The van der Waals surface area contributed by atoms with Gasteiger partial charge < -0.3 is 9.47 Å². The summed E-state index contributed by atoms with van der Waals surface area (Å²) in [7, 11) is 3.16. The average Bonchev–Trinajstić information content (AvgIpc) is 3.28. The number of carbonyl (C=O) groups excluding carboxylic acids is 1. The van der Waals surface area contributed by atoms with E-state index < -0.39 is 16.9 Å². The number of para-hydroxylation sites is 1. The summed E-state index contributed by atoms with van der Waals surface area (Å²) in [5, 5.41) is 8.53. The second-order valence-corrected chi connectivity index (χ2v) is 8.60. The summed E-state index contributed by atoms with van der Waals surface area (Å²) in [4.78, 5) is 12.9. The quantitative estimate of drug-likeness (QED) is 0.241. The first-order chi connectivity index (χ1) is 16.4. The average molecular weight is 482 g/mol. The predicted molar refractivity (Wildman–Crippen MR) is 126 cm³/mol. The minimum Gasteiger partial charge on any atom is -0.497 e. The number of hydrogen-bond acceptors (Lipinski definition) is 6. The summed E-state index contributed by atoms with van der Waals surface area (Å²) in [5.74, 6) is -0.594. The topological polar surface area (TPSA) is 66.2 Å². The molecule has 1 heterocycles. The molecule has 0 aliphatic heterocycles. The van der Waals surface area contributed by atoms with Gasteiger partial charge in [-0.25, -0.2) is 8.78 Å². The van der Waals surface area contributed by atoms with E-state index in [0.29, 0.717) is 22.5 Å². The van der Waals surface area contributed by atoms with E-state index in [-0.39, 0.29) is 11.3 Å². The molecule has 0 N–H and O–H groups in total. The first-order valence-corrected chi connectivity index (χ1v) is 11.2. The summed E-state index contributed by atoms with van der Waals surface area (Å²) in [6.45, 7) is 1.68. The lowest BCUT2D eigenvalue weighted by Crippen LogP contribution is -2.15. The van der Waals surface area contributed by atoms with Crippen LogP contribution in [0.4, 0.5) is 8.78 Å². The molecule has 1 aromatic heterocycles. The van der Waals surface area contributed by atoms with Crippen LogP contribution < -0.4 is 9.47 Å². The predicted octanol–water partition coefficient (Wildman–Crippen LogP) is 5.59. The maximum Gasteiger partial charge on any atom is 0.196 e. The first kappa shape index (κ1) is 23.4. The molecule has 4 aromatic rings. The molecular formula is C25H21F2N3O3S. The van der Waals surface area contributed by atoms with E-state index >= 15 is 0 Å². The molecule has 34 heavy (non-hydrogen) atoms. The van der Waals surface area contributed by atoms with Crippen LogP contribution in [-0.4, -0.2) is 40.0 Å². The monoisotopic (exact) mass is 481 g/mol. The van der Waals surface area contributed by atoms with Gasteiger partial charge in [0.05, 0.1) is 30.7 Å². The molecule has 3 aromatic carbocycles. The van der Waals surface area contributed by atoms with Gasteiger partial charge in [-0.05, 0) is 61.5 Å². The normalized spacial score (nSPS) is 11.8. The molecular weight excluding hydrogens is 460 g/mol. The van der Waals surface area contributed by atoms with Gasteiger partial charge in [-0.1, -0.05) is 23.9 Å². The zero-order valence-electron chi connectivity index (χ0n) is 18.7. The van der Waals surface area contributed by atoms with Crippen molar-refractivity contribution >= 4 is 17.5 Å². The molecule has 174 valence electrons. The molecule has 1 atom stereocenters. The molecule has 0 aliphatic carbocycles. The zero-order chi connectivity index (χ0) is 24.2. The number of methoxy groups -OCH3 is 2. The third-order valence-corrected chi connectivity index (χ3v) is 6.21. The lowest BCUT2D eigenvalue weighted by Gasteiger charge is -2.15. The number of benzene rings is 3. The van der Waals surface area contributed by atoms with Gasteiger partial charge in [0.1, 0.15) is 11.5 Å². The van der Waals surface area contributed by atoms with Crippen molar-refractivity contribution in [1.29, 1.82) is 0 Å². The number of halogens is 2. The Bertz CT molecular complexity index is 1330. The number of carbonyl (C=O) groups is 1. The Kier molecular flexibility index (Phi) is 6.93. The second-order valence-electron chi connectivity index (χ2n) is 7.29.